The van der Waals surface area contributed by atoms with E-state index in [-0.39, 0.29) is 11.3 Å². The highest BCUT2D eigenvalue weighted by atomic mass is 32.1. The molecule has 4 rings (SSSR count). The molecule has 0 N–H and O–H groups in total. The van der Waals surface area contributed by atoms with E-state index in [0.29, 0.717) is 17.9 Å². The third kappa shape index (κ3) is 3.37. The van der Waals surface area contributed by atoms with Crippen LogP contribution in [0, 0.1) is 0 Å². The van der Waals surface area contributed by atoms with Gasteiger partial charge < -0.3 is 9.64 Å². The first kappa shape index (κ1) is 18.1. The van der Waals surface area contributed by atoms with Crippen molar-refractivity contribution in [3.63, 3.8) is 0 Å². The number of hydrogen-bond donors (Lipinski definition) is 0. The van der Waals surface area contributed by atoms with Gasteiger partial charge in [0.1, 0.15) is 5.69 Å². The molecule has 3 aromatic rings. The third-order valence-corrected chi connectivity index (χ3v) is 6.72. The molecule has 0 aliphatic carbocycles. The van der Waals surface area contributed by atoms with Crippen molar-refractivity contribution in [2.75, 3.05) is 20.2 Å². The average Bonchev–Trinajstić information content (AvgIpc) is 3.26. The number of para-hydroxylation sites is 1. The molecule has 1 aliphatic heterocycles. The summed E-state index contributed by atoms with van der Waals surface area (Å²) in [5.41, 5.74) is 2.43. The second-order valence-electron chi connectivity index (χ2n) is 7.44. The molecule has 1 fully saturated rings. The van der Waals surface area contributed by atoms with E-state index < -0.39 is 0 Å². The number of hydrogen-bond acceptors (Lipinski definition) is 5. The maximum absolute atomic E-state index is 13.0. The molecule has 0 saturated carbocycles. The van der Waals surface area contributed by atoms with Gasteiger partial charge >= 0.3 is 0 Å². The number of nitrogens with zero attached hydrogens (tertiary/aromatic N) is 4. The number of thiazole rings is 1. The number of carbonyl (C=O) groups is 1. The number of benzene rings is 1. The molecule has 1 aliphatic rings. The van der Waals surface area contributed by atoms with Gasteiger partial charge in [0.2, 0.25) is 0 Å². The van der Waals surface area contributed by atoms with Gasteiger partial charge in [-0.25, -0.2) is 4.98 Å². The molecule has 7 heteroatoms. The van der Waals surface area contributed by atoms with Crippen LogP contribution in [-0.4, -0.2) is 45.8 Å². The minimum Gasteiger partial charge on any atom is -0.378 e. The fraction of sp³-hybridized carbons (Fsp3) is 0.450. The van der Waals surface area contributed by atoms with Crippen LogP contribution in [0.5, 0.6) is 0 Å². The largest absolute Gasteiger partial charge is 0.378 e. The maximum Gasteiger partial charge on any atom is 0.257 e. The second kappa shape index (κ2) is 7.05. The zero-order chi connectivity index (χ0) is 19.0. The lowest BCUT2D eigenvalue weighted by Crippen LogP contribution is -2.44. The molecular weight excluding hydrogens is 360 g/mol. The minimum atomic E-state index is 0.0186. The Hall–Kier alpha value is -2.25. The second-order valence-corrected chi connectivity index (χ2v) is 8.47. The molecule has 27 heavy (non-hydrogen) atoms. The van der Waals surface area contributed by atoms with E-state index >= 15 is 0 Å². The number of rotatable bonds is 4. The van der Waals surface area contributed by atoms with Crippen molar-refractivity contribution in [2.45, 2.75) is 31.8 Å². The van der Waals surface area contributed by atoms with Crippen LogP contribution in [0.15, 0.2) is 30.5 Å². The van der Waals surface area contributed by atoms with E-state index in [2.05, 4.69) is 30.2 Å². The number of methoxy groups -OCH3 is 1. The van der Waals surface area contributed by atoms with Crippen molar-refractivity contribution in [3.05, 3.63) is 46.7 Å². The Labute approximate surface area is 162 Å². The van der Waals surface area contributed by atoms with E-state index in [1.807, 2.05) is 18.0 Å². The van der Waals surface area contributed by atoms with E-state index in [4.69, 9.17) is 9.72 Å². The van der Waals surface area contributed by atoms with Crippen LogP contribution in [-0.2, 0) is 23.8 Å². The van der Waals surface area contributed by atoms with Crippen LogP contribution in [0.1, 0.15) is 40.8 Å². The van der Waals surface area contributed by atoms with Gasteiger partial charge in [0, 0.05) is 38.9 Å². The highest BCUT2D eigenvalue weighted by molar-refractivity contribution is 7.18. The fourth-order valence-electron chi connectivity index (χ4n) is 3.67. The van der Waals surface area contributed by atoms with Crippen molar-refractivity contribution in [1.29, 1.82) is 0 Å². The topological polar surface area (TPSA) is 60.3 Å². The van der Waals surface area contributed by atoms with Crippen molar-refractivity contribution in [1.82, 2.24) is 19.7 Å². The lowest BCUT2D eigenvalue weighted by Gasteiger charge is -2.38. The lowest BCUT2D eigenvalue weighted by atomic mass is 9.81. The standard InChI is InChI=1S/C20H24N4O2S/c1-20(19-21-15-6-4-5-7-17(15)27-19)8-10-24(11-9-20)18(25)14-12-23(2)22-16(14)13-26-3/h4-7,12H,8-11,13H2,1-3H3. The summed E-state index contributed by atoms with van der Waals surface area (Å²) in [5.74, 6) is 0.0431. The Kier molecular flexibility index (Phi) is 4.74. The van der Waals surface area contributed by atoms with Gasteiger partial charge in [0.25, 0.3) is 5.91 Å². The summed E-state index contributed by atoms with van der Waals surface area (Å²) in [5, 5.41) is 5.53. The van der Waals surface area contributed by atoms with Crippen LogP contribution in [0.3, 0.4) is 0 Å². The summed E-state index contributed by atoms with van der Waals surface area (Å²) < 4.78 is 8.09. The summed E-state index contributed by atoms with van der Waals surface area (Å²) >= 11 is 1.78. The SMILES string of the molecule is COCc1nn(C)cc1C(=O)N1CCC(C)(c2nc3ccccc3s2)CC1. The van der Waals surface area contributed by atoms with Gasteiger partial charge in [-0.05, 0) is 25.0 Å². The molecule has 1 amide bonds. The highest BCUT2D eigenvalue weighted by Gasteiger charge is 2.36. The monoisotopic (exact) mass is 384 g/mol. The van der Waals surface area contributed by atoms with E-state index in [9.17, 15) is 4.79 Å². The lowest BCUT2D eigenvalue weighted by molar-refractivity contribution is 0.0671. The minimum absolute atomic E-state index is 0.0186. The van der Waals surface area contributed by atoms with Crippen LogP contribution in [0.4, 0.5) is 0 Å². The Balaban J connectivity index is 1.50. The van der Waals surface area contributed by atoms with Gasteiger partial charge in [-0.3, -0.25) is 9.48 Å². The predicted molar refractivity (Wildman–Crippen MR) is 106 cm³/mol. The van der Waals surface area contributed by atoms with E-state index in [0.717, 1.165) is 31.4 Å². The molecule has 0 atom stereocenters. The molecule has 6 nitrogen and oxygen atoms in total. The van der Waals surface area contributed by atoms with Gasteiger partial charge in [0.05, 0.1) is 27.4 Å². The number of likely N-dealkylation sites (tertiary alicyclic amines) is 1. The van der Waals surface area contributed by atoms with Crippen molar-refractivity contribution < 1.29 is 9.53 Å². The Morgan fingerprint density at radius 2 is 2.04 bits per heavy atom. The molecular formula is C20H24N4O2S. The summed E-state index contributed by atoms with van der Waals surface area (Å²) in [6, 6.07) is 8.27. The Morgan fingerprint density at radius 1 is 1.30 bits per heavy atom. The quantitative estimate of drug-likeness (QED) is 0.692. The molecule has 0 spiro atoms. The van der Waals surface area contributed by atoms with Crippen LogP contribution in [0.2, 0.25) is 0 Å². The predicted octanol–water partition coefficient (Wildman–Crippen LogP) is 3.37. The summed E-state index contributed by atoms with van der Waals surface area (Å²) in [7, 11) is 3.45. The summed E-state index contributed by atoms with van der Waals surface area (Å²) in [6.45, 7) is 4.07. The first-order valence-corrected chi connectivity index (χ1v) is 9.98. The first-order chi connectivity index (χ1) is 13.0. The van der Waals surface area contributed by atoms with E-state index in [1.165, 1.54) is 9.71 Å². The number of piperidine rings is 1. The molecule has 0 radical (unpaired) electrons. The first-order valence-electron chi connectivity index (χ1n) is 9.17. The zero-order valence-electron chi connectivity index (χ0n) is 15.9. The Morgan fingerprint density at radius 3 is 2.74 bits per heavy atom. The molecule has 1 aromatic carbocycles. The molecule has 3 heterocycles. The fourth-order valence-corrected chi connectivity index (χ4v) is 4.84. The van der Waals surface area contributed by atoms with Crippen LogP contribution < -0.4 is 0 Å². The molecule has 0 bridgehead atoms. The number of amides is 1. The molecule has 142 valence electrons. The Bertz CT molecular complexity index is 936. The van der Waals surface area contributed by atoms with Crippen LogP contribution >= 0.6 is 11.3 Å². The van der Waals surface area contributed by atoms with Crippen molar-refractivity contribution in [2.24, 2.45) is 7.05 Å². The normalized spacial score (nSPS) is 16.8. The molecule has 2 aromatic heterocycles. The number of aromatic nitrogens is 3. The van der Waals surface area contributed by atoms with Crippen LogP contribution in [0.25, 0.3) is 10.2 Å². The number of carbonyl (C=O) groups excluding carboxylic acids is 1. The zero-order valence-corrected chi connectivity index (χ0v) is 16.8. The maximum atomic E-state index is 13.0. The molecule has 0 unspecified atom stereocenters. The highest BCUT2D eigenvalue weighted by Crippen LogP contribution is 2.39. The average molecular weight is 385 g/mol. The van der Waals surface area contributed by atoms with Gasteiger partial charge in [-0.1, -0.05) is 19.1 Å². The third-order valence-electron chi connectivity index (χ3n) is 5.38. The van der Waals surface area contributed by atoms with Gasteiger partial charge in [-0.2, -0.15) is 5.10 Å². The number of fused-ring (bicyclic) bond motifs is 1. The summed E-state index contributed by atoms with van der Waals surface area (Å²) in [6.07, 6.45) is 3.62. The number of aryl methyl sites for hydroxylation is 1. The van der Waals surface area contributed by atoms with E-state index in [1.54, 1.807) is 29.3 Å². The summed E-state index contributed by atoms with van der Waals surface area (Å²) in [4.78, 5) is 19.8. The van der Waals surface area contributed by atoms with Gasteiger partial charge in [0.15, 0.2) is 0 Å². The smallest absolute Gasteiger partial charge is 0.257 e. The van der Waals surface area contributed by atoms with Crippen molar-refractivity contribution in [3.8, 4) is 0 Å². The van der Waals surface area contributed by atoms with Gasteiger partial charge in [-0.15, -0.1) is 11.3 Å². The van der Waals surface area contributed by atoms with Crippen molar-refractivity contribution >= 4 is 27.5 Å². The number of ether oxygens (including phenoxy) is 1. The molecule has 1 saturated heterocycles.